The number of likely N-dealkylation sites (tertiary alicyclic amines) is 1. The highest BCUT2D eigenvalue weighted by Gasteiger charge is 2.45. The van der Waals surface area contributed by atoms with Crippen molar-refractivity contribution >= 4 is 11.8 Å². The first-order valence-electron chi connectivity index (χ1n) is 9.16. The van der Waals surface area contributed by atoms with E-state index in [1.807, 2.05) is 22.7 Å². The Balaban J connectivity index is 1.48. The summed E-state index contributed by atoms with van der Waals surface area (Å²) >= 11 is 0. The second kappa shape index (κ2) is 6.93. The number of hydrogen-bond acceptors (Lipinski definition) is 4. The van der Waals surface area contributed by atoms with Crippen molar-refractivity contribution in [3.05, 3.63) is 36.7 Å². The molecule has 1 N–H and O–H groups in total. The summed E-state index contributed by atoms with van der Waals surface area (Å²) < 4.78 is 3.59. The molecular formula is C18H24N6O2. The number of imidazole rings is 1. The maximum atomic E-state index is 12.6. The summed E-state index contributed by atoms with van der Waals surface area (Å²) in [5.41, 5.74) is 0. The highest BCUT2D eigenvalue weighted by molar-refractivity contribution is 5.78. The summed E-state index contributed by atoms with van der Waals surface area (Å²) in [4.78, 5) is 31.3. The lowest BCUT2D eigenvalue weighted by molar-refractivity contribution is -0.140. The van der Waals surface area contributed by atoms with Gasteiger partial charge in [0, 0.05) is 56.8 Å². The molecule has 2 atom stereocenters. The van der Waals surface area contributed by atoms with Crippen LogP contribution in [-0.2, 0) is 23.2 Å². The molecule has 26 heavy (non-hydrogen) atoms. The number of piperidine rings is 1. The molecule has 8 heteroatoms. The van der Waals surface area contributed by atoms with Crippen molar-refractivity contribution in [1.29, 1.82) is 0 Å². The summed E-state index contributed by atoms with van der Waals surface area (Å²) in [6.45, 7) is 0.742. The van der Waals surface area contributed by atoms with Gasteiger partial charge in [0.05, 0.1) is 6.04 Å². The minimum absolute atomic E-state index is 0.0674. The Bertz CT molecular complexity index is 779. The highest BCUT2D eigenvalue weighted by atomic mass is 16.2. The molecule has 2 amide bonds. The smallest absolute Gasteiger partial charge is 0.241 e. The average Bonchev–Trinajstić information content (AvgIpc) is 3.16. The van der Waals surface area contributed by atoms with Crippen LogP contribution in [0, 0.1) is 5.92 Å². The van der Waals surface area contributed by atoms with Crippen LogP contribution in [0.5, 0.6) is 0 Å². The molecule has 1 saturated heterocycles. The quantitative estimate of drug-likeness (QED) is 0.832. The Hall–Kier alpha value is -2.64. The minimum atomic E-state index is -0.0752. The molecule has 138 valence electrons. The van der Waals surface area contributed by atoms with E-state index in [9.17, 15) is 9.59 Å². The van der Waals surface area contributed by atoms with Crippen molar-refractivity contribution in [2.75, 3.05) is 6.54 Å². The van der Waals surface area contributed by atoms with Crippen LogP contribution in [0.15, 0.2) is 30.9 Å². The van der Waals surface area contributed by atoms with Crippen LogP contribution >= 0.6 is 0 Å². The molecule has 0 spiro atoms. The molecule has 2 aromatic heterocycles. The molecule has 0 radical (unpaired) electrons. The third kappa shape index (κ3) is 3.36. The summed E-state index contributed by atoms with van der Waals surface area (Å²) in [5, 5.41) is 7.08. The van der Waals surface area contributed by atoms with Gasteiger partial charge in [-0.15, -0.1) is 0 Å². The predicted molar refractivity (Wildman–Crippen MR) is 93.8 cm³/mol. The van der Waals surface area contributed by atoms with E-state index >= 15 is 0 Å². The second-order valence-electron chi connectivity index (χ2n) is 7.18. The number of carbonyl (C=O) groups is 2. The molecule has 1 aliphatic carbocycles. The van der Waals surface area contributed by atoms with Gasteiger partial charge in [-0.3, -0.25) is 14.3 Å². The molecule has 1 aliphatic heterocycles. The van der Waals surface area contributed by atoms with E-state index < -0.39 is 0 Å². The summed E-state index contributed by atoms with van der Waals surface area (Å²) in [5.74, 6) is 1.20. The van der Waals surface area contributed by atoms with E-state index in [1.165, 1.54) is 0 Å². The number of carbonyl (C=O) groups excluding carboxylic acids is 2. The summed E-state index contributed by atoms with van der Waals surface area (Å²) in [6, 6.07) is 2.05. The standard InChI is InChI=1S/C18H24N6O2/c1-22-10-8-19-18(22)17-13(3-6-16(26)24(17)14-4-5-14)11-20-15(25)12-23-9-2-7-21-23/h2,7-10,13-14,17H,3-6,11-12H2,1H3,(H,20,25)/t13-,17+/m1/s1. The number of rotatable bonds is 6. The van der Waals surface area contributed by atoms with Gasteiger partial charge < -0.3 is 14.8 Å². The monoisotopic (exact) mass is 356 g/mol. The van der Waals surface area contributed by atoms with Gasteiger partial charge in [-0.2, -0.15) is 5.10 Å². The van der Waals surface area contributed by atoms with Crippen LogP contribution in [0.1, 0.15) is 37.5 Å². The first-order valence-corrected chi connectivity index (χ1v) is 9.16. The SMILES string of the molecule is Cn1ccnc1[C@@H]1[C@@H](CNC(=O)Cn2cccn2)CCC(=O)N1C1CC1. The largest absolute Gasteiger partial charge is 0.354 e. The molecule has 8 nitrogen and oxygen atoms in total. The number of hydrogen-bond donors (Lipinski definition) is 1. The van der Waals surface area contributed by atoms with Gasteiger partial charge in [0.25, 0.3) is 0 Å². The summed E-state index contributed by atoms with van der Waals surface area (Å²) in [7, 11) is 1.96. The molecule has 0 aromatic carbocycles. The van der Waals surface area contributed by atoms with Crippen LogP contribution < -0.4 is 5.32 Å². The van der Waals surface area contributed by atoms with E-state index in [-0.39, 0.29) is 30.3 Å². The Morgan fingerprint density at radius 1 is 1.27 bits per heavy atom. The van der Waals surface area contributed by atoms with E-state index in [2.05, 4.69) is 15.4 Å². The van der Waals surface area contributed by atoms with Crippen LogP contribution in [0.4, 0.5) is 0 Å². The van der Waals surface area contributed by atoms with Crippen molar-refractivity contribution in [2.45, 2.75) is 44.3 Å². The average molecular weight is 356 g/mol. The van der Waals surface area contributed by atoms with E-state index in [1.54, 1.807) is 29.3 Å². The maximum absolute atomic E-state index is 12.6. The first kappa shape index (κ1) is 16.8. The van der Waals surface area contributed by atoms with Crippen LogP contribution in [0.25, 0.3) is 0 Å². The molecule has 2 aromatic rings. The number of aromatic nitrogens is 4. The molecule has 2 fully saturated rings. The molecular weight excluding hydrogens is 332 g/mol. The van der Waals surface area contributed by atoms with Gasteiger partial charge >= 0.3 is 0 Å². The van der Waals surface area contributed by atoms with Gasteiger partial charge in [-0.05, 0) is 25.3 Å². The zero-order valence-electron chi connectivity index (χ0n) is 14.9. The summed E-state index contributed by atoms with van der Waals surface area (Å²) in [6.07, 6.45) is 10.5. The Labute approximate surface area is 152 Å². The predicted octanol–water partition coefficient (Wildman–Crippen LogP) is 0.875. The topological polar surface area (TPSA) is 85.0 Å². The zero-order valence-corrected chi connectivity index (χ0v) is 14.9. The van der Waals surface area contributed by atoms with Gasteiger partial charge in [-0.1, -0.05) is 0 Å². The van der Waals surface area contributed by atoms with Crippen LogP contribution in [-0.4, -0.2) is 48.6 Å². The van der Waals surface area contributed by atoms with Crippen molar-refractivity contribution in [1.82, 2.24) is 29.5 Å². The molecule has 3 heterocycles. The van der Waals surface area contributed by atoms with E-state index in [0.717, 1.165) is 25.1 Å². The Morgan fingerprint density at radius 3 is 2.77 bits per heavy atom. The third-order valence-electron chi connectivity index (χ3n) is 5.25. The fourth-order valence-corrected chi connectivity index (χ4v) is 3.81. The van der Waals surface area contributed by atoms with E-state index in [0.29, 0.717) is 19.0 Å². The number of amides is 2. The highest BCUT2D eigenvalue weighted by Crippen LogP contribution is 2.42. The normalized spacial score (nSPS) is 23.3. The maximum Gasteiger partial charge on any atom is 0.241 e. The molecule has 0 unspecified atom stereocenters. The fraction of sp³-hybridized carbons (Fsp3) is 0.556. The number of nitrogens with zero attached hydrogens (tertiary/aromatic N) is 5. The van der Waals surface area contributed by atoms with Crippen molar-refractivity contribution < 1.29 is 9.59 Å². The van der Waals surface area contributed by atoms with Gasteiger partial charge in [0.15, 0.2) is 0 Å². The van der Waals surface area contributed by atoms with Gasteiger partial charge in [0.1, 0.15) is 12.4 Å². The number of aryl methyl sites for hydroxylation is 1. The Morgan fingerprint density at radius 2 is 2.12 bits per heavy atom. The van der Waals surface area contributed by atoms with Gasteiger partial charge in [-0.25, -0.2) is 4.98 Å². The van der Waals surface area contributed by atoms with E-state index in [4.69, 9.17) is 0 Å². The lowest BCUT2D eigenvalue weighted by atomic mass is 9.87. The molecule has 0 bridgehead atoms. The molecule has 4 rings (SSSR count). The minimum Gasteiger partial charge on any atom is -0.354 e. The third-order valence-corrected chi connectivity index (χ3v) is 5.25. The lowest BCUT2D eigenvalue weighted by Crippen LogP contribution is -2.48. The van der Waals surface area contributed by atoms with Crippen LogP contribution in [0.2, 0.25) is 0 Å². The second-order valence-corrected chi connectivity index (χ2v) is 7.18. The van der Waals surface area contributed by atoms with Crippen molar-refractivity contribution in [3.8, 4) is 0 Å². The van der Waals surface area contributed by atoms with Crippen molar-refractivity contribution in [2.24, 2.45) is 13.0 Å². The first-order chi connectivity index (χ1) is 12.6. The Kier molecular flexibility index (Phi) is 4.48. The molecule has 2 aliphatic rings. The fourth-order valence-electron chi connectivity index (χ4n) is 3.81. The van der Waals surface area contributed by atoms with Crippen molar-refractivity contribution in [3.63, 3.8) is 0 Å². The van der Waals surface area contributed by atoms with Gasteiger partial charge in [0.2, 0.25) is 11.8 Å². The zero-order chi connectivity index (χ0) is 18.1. The number of nitrogens with one attached hydrogen (secondary N) is 1. The van der Waals surface area contributed by atoms with Crippen LogP contribution in [0.3, 0.4) is 0 Å². The molecule has 1 saturated carbocycles. The lowest BCUT2D eigenvalue weighted by Gasteiger charge is -2.41.